The number of alkyl halides is 1. The van der Waals surface area contributed by atoms with E-state index in [9.17, 15) is 9.18 Å². The Balaban J connectivity index is 3.04. The van der Waals surface area contributed by atoms with E-state index in [1.54, 1.807) is 0 Å². The van der Waals surface area contributed by atoms with Gasteiger partial charge in [0, 0.05) is 11.1 Å². The van der Waals surface area contributed by atoms with Gasteiger partial charge in [-0.05, 0) is 12.1 Å². The molecule has 0 aromatic heterocycles. The summed E-state index contributed by atoms with van der Waals surface area (Å²) >= 11 is 0. The zero-order valence-corrected chi connectivity index (χ0v) is 6.20. The van der Waals surface area contributed by atoms with Crippen LogP contribution in [0.4, 0.5) is 4.39 Å². The Morgan fingerprint density at radius 3 is 2.75 bits per heavy atom. The van der Waals surface area contributed by atoms with Crippen LogP contribution in [0.5, 0.6) is 0 Å². The van der Waals surface area contributed by atoms with Gasteiger partial charge in [-0.2, -0.15) is 0 Å². The molecule has 4 heteroatoms. The van der Waals surface area contributed by atoms with Crippen molar-refractivity contribution in [2.75, 3.05) is 0 Å². The minimum Gasteiger partial charge on any atom is -0.366 e. The lowest BCUT2D eigenvalue weighted by Crippen LogP contribution is -2.11. The third-order valence-corrected chi connectivity index (χ3v) is 1.45. The molecule has 12 heavy (non-hydrogen) atoms. The molecule has 0 heterocycles. The van der Waals surface area contributed by atoms with Crippen LogP contribution < -0.4 is 5.73 Å². The van der Waals surface area contributed by atoms with Gasteiger partial charge in [0.25, 0.3) is 0 Å². The van der Waals surface area contributed by atoms with Crippen molar-refractivity contribution in [1.82, 2.24) is 0 Å². The Bertz CT molecular complexity index is 299. The van der Waals surface area contributed by atoms with Crippen molar-refractivity contribution in [2.45, 2.75) is 6.36 Å². The van der Waals surface area contributed by atoms with Crippen molar-refractivity contribution in [2.24, 2.45) is 5.73 Å². The van der Waals surface area contributed by atoms with Crippen LogP contribution in [0.1, 0.15) is 22.3 Å². The predicted molar refractivity (Wildman–Crippen MR) is 41.0 cm³/mol. The van der Waals surface area contributed by atoms with Crippen LogP contribution in [0, 0.1) is 0 Å². The van der Waals surface area contributed by atoms with Crippen molar-refractivity contribution in [3.63, 3.8) is 0 Å². The summed E-state index contributed by atoms with van der Waals surface area (Å²) in [5.41, 5.74) is 5.16. The first-order chi connectivity index (χ1) is 5.61. The number of carbonyl (C=O) groups is 1. The molecular weight excluding hydrogens is 161 g/mol. The van der Waals surface area contributed by atoms with Crippen LogP contribution in [0.3, 0.4) is 0 Å². The Hall–Kier alpha value is -1.42. The minimum atomic E-state index is -2.07. The van der Waals surface area contributed by atoms with E-state index in [-0.39, 0.29) is 11.1 Å². The predicted octanol–water partition coefficient (Wildman–Crippen LogP) is 0.746. The highest BCUT2D eigenvalue weighted by Gasteiger charge is 2.06. The molecule has 0 radical (unpaired) electrons. The number of hydrogen-bond acceptors (Lipinski definition) is 2. The lowest BCUT2D eigenvalue weighted by Gasteiger charge is -2.01. The second-order valence-corrected chi connectivity index (χ2v) is 2.33. The quantitative estimate of drug-likeness (QED) is 0.686. The van der Waals surface area contributed by atoms with Crippen LogP contribution in [0.25, 0.3) is 0 Å². The summed E-state index contributed by atoms with van der Waals surface area (Å²) in [6.07, 6.45) is -2.07. The van der Waals surface area contributed by atoms with Crippen molar-refractivity contribution in [3.8, 4) is 0 Å². The fourth-order valence-electron chi connectivity index (χ4n) is 0.840. The SMILES string of the molecule is NC(=O)c1cccc(C(O)F)c1. The van der Waals surface area contributed by atoms with Gasteiger partial charge in [-0.15, -0.1) is 0 Å². The number of carbonyl (C=O) groups excluding carboxylic acids is 1. The molecular formula is C8H8FNO2. The maximum atomic E-state index is 12.3. The van der Waals surface area contributed by atoms with E-state index < -0.39 is 12.3 Å². The standard InChI is InChI=1S/C8H8FNO2/c9-7(11)5-2-1-3-6(4-5)8(10)12/h1-4,7,11H,(H2,10,12). The molecule has 0 saturated heterocycles. The van der Waals surface area contributed by atoms with Crippen molar-refractivity contribution in [3.05, 3.63) is 35.4 Å². The summed E-state index contributed by atoms with van der Waals surface area (Å²) < 4.78 is 12.3. The third kappa shape index (κ3) is 1.79. The first-order valence-corrected chi connectivity index (χ1v) is 3.33. The summed E-state index contributed by atoms with van der Waals surface area (Å²) in [6, 6.07) is 5.50. The zero-order valence-electron chi connectivity index (χ0n) is 6.20. The fourth-order valence-corrected chi connectivity index (χ4v) is 0.840. The Morgan fingerprint density at radius 1 is 1.58 bits per heavy atom. The molecule has 1 aromatic rings. The van der Waals surface area contributed by atoms with Crippen LogP contribution in [-0.4, -0.2) is 11.0 Å². The number of aliphatic hydroxyl groups excluding tert-OH is 1. The molecule has 64 valence electrons. The van der Waals surface area contributed by atoms with E-state index >= 15 is 0 Å². The largest absolute Gasteiger partial charge is 0.366 e. The number of primary amides is 1. The second-order valence-electron chi connectivity index (χ2n) is 2.33. The van der Waals surface area contributed by atoms with E-state index in [0.29, 0.717) is 0 Å². The number of nitrogens with two attached hydrogens (primary N) is 1. The molecule has 3 N–H and O–H groups in total. The molecule has 0 spiro atoms. The number of halogens is 1. The average Bonchev–Trinajstić information content (AvgIpc) is 2.04. The van der Waals surface area contributed by atoms with Gasteiger partial charge in [-0.25, -0.2) is 4.39 Å². The molecule has 1 aromatic carbocycles. The van der Waals surface area contributed by atoms with Crippen LogP contribution in [0.15, 0.2) is 24.3 Å². The fraction of sp³-hybridized carbons (Fsp3) is 0.125. The molecule has 1 amide bonds. The summed E-state index contributed by atoms with van der Waals surface area (Å²) in [7, 11) is 0. The normalized spacial score (nSPS) is 12.5. The molecule has 0 aliphatic carbocycles. The number of aliphatic hydroxyl groups is 1. The first-order valence-electron chi connectivity index (χ1n) is 3.33. The number of amides is 1. The van der Waals surface area contributed by atoms with E-state index in [1.807, 2.05) is 0 Å². The smallest absolute Gasteiger partial charge is 0.248 e. The summed E-state index contributed by atoms with van der Waals surface area (Å²) in [5, 5.41) is 8.51. The number of hydrogen-bond donors (Lipinski definition) is 2. The highest BCUT2D eigenvalue weighted by molar-refractivity contribution is 5.92. The monoisotopic (exact) mass is 169 g/mol. The van der Waals surface area contributed by atoms with Gasteiger partial charge in [0.15, 0.2) is 0 Å². The maximum absolute atomic E-state index is 12.3. The van der Waals surface area contributed by atoms with Crippen LogP contribution in [-0.2, 0) is 0 Å². The molecule has 3 nitrogen and oxygen atoms in total. The van der Waals surface area contributed by atoms with Crippen LogP contribution in [0.2, 0.25) is 0 Å². The highest BCUT2D eigenvalue weighted by Crippen LogP contribution is 2.14. The Labute approximate surface area is 68.6 Å². The molecule has 0 saturated carbocycles. The van der Waals surface area contributed by atoms with E-state index in [1.165, 1.54) is 24.3 Å². The van der Waals surface area contributed by atoms with Crippen molar-refractivity contribution < 1.29 is 14.3 Å². The number of rotatable bonds is 2. The van der Waals surface area contributed by atoms with Gasteiger partial charge in [-0.1, -0.05) is 12.1 Å². The summed E-state index contributed by atoms with van der Waals surface area (Å²) in [5.74, 6) is -0.641. The molecule has 0 fully saturated rings. The molecule has 1 atom stereocenters. The van der Waals surface area contributed by atoms with Gasteiger partial charge < -0.3 is 10.8 Å². The summed E-state index contributed by atoms with van der Waals surface area (Å²) in [4.78, 5) is 10.6. The van der Waals surface area contributed by atoms with E-state index in [0.717, 1.165) is 0 Å². The van der Waals surface area contributed by atoms with Gasteiger partial charge >= 0.3 is 0 Å². The Morgan fingerprint density at radius 2 is 2.25 bits per heavy atom. The van der Waals surface area contributed by atoms with E-state index in [2.05, 4.69) is 0 Å². The van der Waals surface area contributed by atoms with Gasteiger partial charge in [-0.3, -0.25) is 4.79 Å². The highest BCUT2D eigenvalue weighted by atomic mass is 19.1. The molecule has 0 aliphatic heterocycles. The lowest BCUT2D eigenvalue weighted by molar-refractivity contribution is 0.0411. The second kappa shape index (κ2) is 3.32. The first kappa shape index (κ1) is 8.67. The van der Waals surface area contributed by atoms with Gasteiger partial charge in [0.2, 0.25) is 12.3 Å². The lowest BCUT2D eigenvalue weighted by atomic mass is 10.1. The maximum Gasteiger partial charge on any atom is 0.248 e. The number of benzene rings is 1. The van der Waals surface area contributed by atoms with Gasteiger partial charge in [0.1, 0.15) is 0 Å². The van der Waals surface area contributed by atoms with Crippen molar-refractivity contribution in [1.29, 1.82) is 0 Å². The minimum absolute atomic E-state index is 0.0336. The topological polar surface area (TPSA) is 63.3 Å². The average molecular weight is 169 g/mol. The van der Waals surface area contributed by atoms with Gasteiger partial charge in [0.05, 0.1) is 0 Å². The summed E-state index contributed by atoms with van der Waals surface area (Å²) in [6.45, 7) is 0. The van der Waals surface area contributed by atoms with Crippen LogP contribution >= 0.6 is 0 Å². The third-order valence-electron chi connectivity index (χ3n) is 1.45. The van der Waals surface area contributed by atoms with E-state index in [4.69, 9.17) is 10.8 Å². The molecule has 1 unspecified atom stereocenters. The van der Waals surface area contributed by atoms with Crippen molar-refractivity contribution >= 4 is 5.91 Å². The Kier molecular flexibility index (Phi) is 2.40. The molecule has 0 bridgehead atoms. The molecule has 1 rings (SSSR count). The molecule has 0 aliphatic rings. The zero-order chi connectivity index (χ0) is 9.14.